The Morgan fingerprint density at radius 3 is 2.67 bits per heavy atom. The lowest BCUT2D eigenvalue weighted by Gasteiger charge is -2.30. The highest BCUT2D eigenvalue weighted by Crippen LogP contribution is 2.33. The topological polar surface area (TPSA) is 128 Å². The van der Waals surface area contributed by atoms with Gasteiger partial charge in [0, 0.05) is 62.7 Å². The molecule has 1 fully saturated rings. The van der Waals surface area contributed by atoms with E-state index in [-0.39, 0.29) is 41.4 Å². The number of halogens is 2. The second-order valence-electron chi connectivity index (χ2n) is 13.6. The van der Waals surface area contributed by atoms with Gasteiger partial charge in [-0.15, -0.1) is 0 Å². The Morgan fingerprint density at radius 2 is 1.83 bits per heavy atom. The van der Waals surface area contributed by atoms with Gasteiger partial charge in [-0.25, -0.2) is 28.7 Å². The summed E-state index contributed by atoms with van der Waals surface area (Å²) < 4.78 is 42.9. The summed E-state index contributed by atoms with van der Waals surface area (Å²) in [6.45, 7) is 3.16. The van der Waals surface area contributed by atoms with E-state index >= 15 is 0 Å². The summed E-state index contributed by atoms with van der Waals surface area (Å²) in [5.41, 5.74) is 3.50. The zero-order valence-corrected chi connectivity index (χ0v) is 29.1. The lowest BCUT2D eigenvalue weighted by Crippen LogP contribution is -2.47. The van der Waals surface area contributed by atoms with Gasteiger partial charge in [-0.3, -0.25) is 9.59 Å². The molecule has 0 aliphatic carbocycles. The zero-order valence-electron chi connectivity index (χ0n) is 29.1. The van der Waals surface area contributed by atoms with Crippen LogP contribution in [0, 0.1) is 18.6 Å². The van der Waals surface area contributed by atoms with Crippen molar-refractivity contribution >= 4 is 34.5 Å². The first-order valence-electron chi connectivity index (χ1n) is 17.4. The Morgan fingerprint density at radius 1 is 0.962 bits per heavy atom. The summed E-state index contributed by atoms with van der Waals surface area (Å²) in [6, 6.07) is 11.3. The number of anilines is 2. The van der Waals surface area contributed by atoms with Crippen LogP contribution in [0.3, 0.4) is 0 Å². The molecule has 3 aliphatic heterocycles. The molecule has 6 heterocycles. The van der Waals surface area contributed by atoms with Gasteiger partial charge >= 0.3 is 0 Å². The molecular weight excluding hydrogens is 670 g/mol. The van der Waals surface area contributed by atoms with Crippen LogP contribution in [-0.2, 0) is 22.5 Å². The number of benzene rings is 2. The number of carbonyl (C=O) groups excluding carboxylic acids is 2. The normalized spacial score (nSPS) is 20.8. The van der Waals surface area contributed by atoms with Crippen molar-refractivity contribution in [2.45, 2.75) is 57.3 Å². The van der Waals surface area contributed by atoms with Crippen LogP contribution in [0.25, 0.3) is 22.3 Å². The van der Waals surface area contributed by atoms with Crippen molar-refractivity contribution in [2.75, 3.05) is 44.1 Å². The molecule has 12 nitrogen and oxygen atoms in total. The molecule has 1 N–H and O–H groups in total. The van der Waals surface area contributed by atoms with Gasteiger partial charge in [0.15, 0.2) is 0 Å². The number of methoxy groups -OCH3 is 1. The number of pyridine rings is 1. The third kappa shape index (κ3) is 6.20. The summed E-state index contributed by atoms with van der Waals surface area (Å²) in [6.07, 6.45) is 3.62. The quantitative estimate of drug-likeness (QED) is 0.269. The fourth-order valence-corrected chi connectivity index (χ4v) is 7.54. The van der Waals surface area contributed by atoms with Crippen LogP contribution >= 0.6 is 0 Å². The maximum absolute atomic E-state index is 15.0. The maximum Gasteiger partial charge on any atom is 0.245 e. The highest BCUT2D eigenvalue weighted by atomic mass is 19.1. The number of carbonyl (C=O) groups is 2. The van der Waals surface area contributed by atoms with Crippen LogP contribution in [0.5, 0.6) is 5.75 Å². The highest BCUT2D eigenvalue weighted by Gasteiger charge is 2.41. The number of aromatic nitrogens is 5. The van der Waals surface area contributed by atoms with E-state index < -0.39 is 29.6 Å². The smallest absolute Gasteiger partial charge is 0.245 e. The van der Waals surface area contributed by atoms with Crippen LogP contribution in [0.2, 0.25) is 0 Å². The van der Waals surface area contributed by atoms with Crippen molar-refractivity contribution in [3.63, 3.8) is 0 Å². The third-order valence-corrected chi connectivity index (χ3v) is 10.1. The highest BCUT2D eigenvalue weighted by molar-refractivity contribution is 6.10. The Balaban J connectivity index is 1.20. The van der Waals surface area contributed by atoms with E-state index in [1.165, 1.54) is 30.3 Å². The number of fused-ring (bicyclic) bond motifs is 7. The first kappa shape index (κ1) is 33.6. The SMILES string of the molecule is COC1CN(C)C(=O)C2CC(CN2c2ncc3c(n2)C(=O)c2ccc(F)cc2OCCCC3)Nc2cccc(n2)-c2cc(F)cc3nc(C)n(c23)C1. The maximum atomic E-state index is 15.0. The minimum absolute atomic E-state index is 0.165. The van der Waals surface area contributed by atoms with E-state index in [4.69, 9.17) is 24.4 Å². The summed E-state index contributed by atoms with van der Waals surface area (Å²) in [4.78, 5) is 51.0. The number of ketones is 1. The molecule has 3 unspecified atom stereocenters. The van der Waals surface area contributed by atoms with E-state index in [1.807, 2.05) is 34.6 Å². The lowest BCUT2D eigenvalue weighted by molar-refractivity contribution is -0.132. The molecule has 0 saturated carbocycles. The molecule has 0 spiro atoms. The van der Waals surface area contributed by atoms with Crippen molar-refractivity contribution in [3.05, 3.63) is 89.0 Å². The summed E-state index contributed by atoms with van der Waals surface area (Å²) in [7, 11) is 3.34. The van der Waals surface area contributed by atoms with Crippen molar-refractivity contribution in [3.8, 4) is 17.0 Å². The number of nitrogens with one attached hydrogen (secondary N) is 1. The molecule has 1 amide bonds. The average molecular weight is 709 g/mol. The molecule has 8 rings (SSSR count). The van der Waals surface area contributed by atoms with Gasteiger partial charge in [0.05, 0.1) is 41.5 Å². The zero-order chi connectivity index (χ0) is 36.1. The largest absolute Gasteiger partial charge is 0.493 e. The van der Waals surface area contributed by atoms with Gasteiger partial charge in [0.2, 0.25) is 17.6 Å². The van der Waals surface area contributed by atoms with E-state index in [2.05, 4.69) is 10.3 Å². The number of rotatable bonds is 2. The Kier molecular flexibility index (Phi) is 8.77. The number of ether oxygens (including phenoxy) is 2. The number of amides is 1. The monoisotopic (exact) mass is 708 g/mol. The average Bonchev–Trinajstić information content (AvgIpc) is 3.69. The summed E-state index contributed by atoms with van der Waals surface area (Å²) in [5, 5.41) is 3.49. The van der Waals surface area contributed by atoms with E-state index in [0.717, 1.165) is 11.9 Å². The Hall–Kier alpha value is -5.50. The summed E-state index contributed by atoms with van der Waals surface area (Å²) >= 11 is 0. The number of hydrogen-bond acceptors (Lipinski definition) is 10. The van der Waals surface area contributed by atoms with Crippen molar-refractivity contribution < 1.29 is 27.8 Å². The number of imidazole rings is 1. The molecule has 4 bridgehead atoms. The molecule has 52 heavy (non-hydrogen) atoms. The molecule has 0 radical (unpaired) electrons. The fourth-order valence-electron chi connectivity index (χ4n) is 7.54. The van der Waals surface area contributed by atoms with Gasteiger partial charge in [-0.2, -0.15) is 0 Å². The van der Waals surface area contributed by atoms with E-state index in [1.54, 1.807) is 25.3 Å². The van der Waals surface area contributed by atoms with Crippen LogP contribution in [0.4, 0.5) is 20.5 Å². The number of nitrogens with zero attached hydrogens (tertiary/aromatic N) is 7. The van der Waals surface area contributed by atoms with E-state index in [9.17, 15) is 18.4 Å². The minimum Gasteiger partial charge on any atom is -0.493 e. The van der Waals surface area contributed by atoms with E-state index in [0.29, 0.717) is 72.9 Å². The predicted octanol–water partition coefficient (Wildman–Crippen LogP) is 4.97. The molecule has 2 aromatic carbocycles. The molecule has 14 heteroatoms. The molecule has 3 aliphatic rings. The van der Waals surface area contributed by atoms with Crippen molar-refractivity contribution in [1.82, 2.24) is 29.4 Å². The number of hydrogen-bond donors (Lipinski definition) is 1. The van der Waals surface area contributed by atoms with Crippen molar-refractivity contribution in [1.29, 1.82) is 0 Å². The molecule has 5 aromatic rings. The van der Waals surface area contributed by atoms with Crippen LogP contribution in [0.15, 0.2) is 54.7 Å². The number of likely N-dealkylation sites (N-methyl/N-ethyl adjacent to an activating group) is 1. The lowest BCUT2D eigenvalue weighted by atomic mass is 10.00. The molecular formula is C38H38F2N8O4. The van der Waals surface area contributed by atoms with Gasteiger partial charge < -0.3 is 29.2 Å². The predicted molar refractivity (Wildman–Crippen MR) is 190 cm³/mol. The second kappa shape index (κ2) is 13.6. The number of aryl methyl sites for hydroxylation is 2. The van der Waals surface area contributed by atoms with Crippen LogP contribution in [0.1, 0.15) is 46.7 Å². The standard InChI is InChI=1S/C38H38F2N8O4/c1-21-42-30-14-24(40)13-28-29-8-6-9-33(44-29)43-25-16-31(37(50)46(2)19-26(51-3)20-47(21)35(28)30)48(18-25)38-41-17-22-7-4-5-12-52-32-15-23(39)10-11-27(32)36(49)34(22)45-38/h6,8-11,13-15,17,25-26,31H,4-5,7,12,16,18-20H2,1-3H3,(H,43,44). The van der Waals surface area contributed by atoms with Gasteiger partial charge in [0.25, 0.3) is 0 Å². The Bertz CT molecular complexity index is 2210. The fraction of sp³-hybridized carbons (Fsp3) is 0.368. The van der Waals surface area contributed by atoms with Crippen LogP contribution in [-0.4, -0.2) is 93.1 Å². The third-order valence-electron chi connectivity index (χ3n) is 10.1. The van der Waals surface area contributed by atoms with Crippen molar-refractivity contribution in [2.24, 2.45) is 0 Å². The van der Waals surface area contributed by atoms with Gasteiger partial charge in [-0.05, 0) is 62.9 Å². The first-order chi connectivity index (χ1) is 25.2. The Labute approximate surface area is 298 Å². The molecule has 268 valence electrons. The van der Waals surface area contributed by atoms with Gasteiger partial charge in [0.1, 0.15) is 40.8 Å². The molecule has 1 saturated heterocycles. The molecule has 3 aromatic heterocycles. The minimum atomic E-state index is -0.682. The van der Waals surface area contributed by atoms with Crippen LogP contribution < -0.4 is 15.0 Å². The first-order valence-corrected chi connectivity index (χ1v) is 17.4. The summed E-state index contributed by atoms with van der Waals surface area (Å²) in [5.74, 6) is 0.155. The molecule has 3 atom stereocenters. The second-order valence-corrected chi connectivity index (χ2v) is 13.6. The van der Waals surface area contributed by atoms with Gasteiger partial charge in [-0.1, -0.05) is 6.07 Å².